The van der Waals surface area contributed by atoms with Gasteiger partial charge in [0, 0.05) is 22.8 Å². The predicted molar refractivity (Wildman–Crippen MR) is 131 cm³/mol. The minimum atomic E-state index is -0.256. The van der Waals surface area contributed by atoms with E-state index in [2.05, 4.69) is 16.7 Å². The molecule has 3 aromatic heterocycles. The minimum Gasteiger partial charge on any atom is -0.490 e. The molecule has 34 heavy (non-hydrogen) atoms. The zero-order valence-electron chi connectivity index (χ0n) is 18.2. The normalized spacial score (nSPS) is 11.7. The van der Waals surface area contributed by atoms with Gasteiger partial charge in [-0.05, 0) is 43.3 Å². The molecule has 0 radical (unpaired) electrons. The molecule has 0 atom stereocenters. The number of carbonyl (C=O) groups is 1. The van der Waals surface area contributed by atoms with Crippen LogP contribution in [0.15, 0.2) is 82.5 Å². The Labute approximate surface area is 198 Å². The van der Waals surface area contributed by atoms with Crippen molar-refractivity contribution in [2.45, 2.75) is 6.92 Å². The van der Waals surface area contributed by atoms with Crippen molar-refractivity contribution in [3.63, 3.8) is 0 Å². The molecule has 0 amide bonds. The summed E-state index contributed by atoms with van der Waals surface area (Å²) in [5, 5.41) is 4.38. The highest BCUT2D eigenvalue weighted by Gasteiger charge is 2.13. The number of hydrogen-bond acceptors (Lipinski definition) is 7. The van der Waals surface area contributed by atoms with Crippen LogP contribution in [-0.2, 0) is 0 Å². The molecule has 8 heteroatoms. The largest absolute Gasteiger partial charge is 0.490 e. The number of hydrogen-bond donors (Lipinski definition) is 0. The van der Waals surface area contributed by atoms with Gasteiger partial charge in [0.2, 0.25) is 4.96 Å². The second-order valence-electron chi connectivity index (χ2n) is 7.51. The molecule has 168 valence electrons. The van der Waals surface area contributed by atoms with E-state index in [0.29, 0.717) is 39.0 Å². The average molecular weight is 470 g/mol. The Morgan fingerprint density at radius 2 is 1.82 bits per heavy atom. The van der Waals surface area contributed by atoms with Crippen LogP contribution in [0.1, 0.15) is 23.0 Å². The van der Waals surface area contributed by atoms with Crippen LogP contribution in [0.3, 0.4) is 0 Å². The van der Waals surface area contributed by atoms with Crippen LogP contribution in [0.2, 0.25) is 0 Å². The summed E-state index contributed by atoms with van der Waals surface area (Å²) < 4.78 is 13.2. The van der Waals surface area contributed by atoms with Gasteiger partial charge in [0.25, 0.3) is 5.56 Å². The first-order chi connectivity index (χ1) is 16.5. The summed E-state index contributed by atoms with van der Waals surface area (Å²) in [4.78, 5) is 29.3. The number of fused-ring (bicyclic) bond motifs is 1. The van der Waals surface area contributed by atoms with E-state index in [4.69, 9.17) is 9.15 Å². The Bertz CT molecular complexity index is 1610. The molecule has 5 rings (SSSR count). The van der Waals surface area contributed by atoms with E-state index < -0.39 is 0 Å². The van der Waals surface area contributed by atoms with Gasteiger partial charge < -0.3 is 9.15 Å². The molecule has 0 fully saturated rings. The number of nitrogens with zero attached hydrogens (tertiary/aromatic N) is 3. The first-order valence-electron chi connectivity index (χ1n) is 10.5. The van der Waals surface area contributed by atoms with Crippen LogP contribution in [0, 0.1) is 0 Å². The Hall–Kier alpha value is -4.30. The van der Waals surface area contributed by atoms with Crippen molar-refractivity contribution in [1.29, 1.82) is 0 Å². The molecular formula is C26H19N3O4S. The number of ketones is 1. The van der Waals surface area contributed by atoms with Crippen molar-refractivity contribution in [3.05, 3.63) is 99.5 Å². The molecule has 0 saturated carbocycles. The quantitative estimate of drug-likeness (QED) is 0.260. The number of rotatable bonds is 7. The van der Waals surface area contributed by atoms with E-state index in [9.17, 15) is 9.59 Å². The molecule has 5 aromatic rings. The molecule has 0 saturated heterocycles. The van der Waals surface area contributed by atoms with Crippen molar-refractivity contribution < 1.29 is 13.9 Å². The SMILES string of the molecule is C=CCOc1ccc(-c2nc3s/c(=C/c4ccc(-c5ccc(C(C)=O)cc5)o4)c(=O)n3n2)cc1. The predicted octanol–water partition coefficient (Wildman–Crippen LogP) is 4.39. The lowest BCUT2D eigenvalue weighted by Gasteiger charge is -2.02. The number of furan rings is 1. The Balaban J connectivity index is 1.41. The lowest BCUT2D eigenvalue weighted by atomic mass is 10.1. The van der Waals surface area contributed by atoms with Crippen LogP contribution >= 0.6 is 11.3 Å². The maximum Gasteiger partial charge on any atom is 0.291 e. The van der Waals surface area contributed by atoms with Crippen molar-refractivity contribution in [2.24, 2.45) is 0 Å². The maximum absolute atomic E-state index is 12.9. The van der Waals surface area contributed by atoms with Crippen molar-refractivity contribution >= 4 is 28.2 Å². The first-order valence-corrected chi connectivity index (χ1v) is 11.3. The third-order valence-corrected chi connectivity index (χ3v) is 6.10. The van der Waals surface area contributed by atoms with Gasteiger partial charge in [-0.25, -0.2) is 0 Å². The molecule has 0 bridgehead atoms. The van der Waals surface area contributed by atoms with E-state index in [-0.39, 0.29) is 11.3 Å². The van der Waals surface area contributed by atoms with Crippen LogP contribution in [-0.4, -0.2) is 27.0 Å². The van der Waals surface area contributed by atoms with Crippen LogP contribution in [0.5, 0.6) is 5.75 Å². The Kier molecular flexibility index (Phi) is 5.65. The summed E-state index contributed by atoms with van der Waals surface area (Å²) in [6, 6.07) is 18.2. The first kappa shape index (κ1) is 21.5. The van der Waals surface area contributed by atoms with Crippen LogP contribution in [0.4, 0.5) is 0 Å². The maximum atomic E-state index is 12.9. The summed E-state index contributed by atoms with van der Waals surface area (Å²) in [6.45, 7) is 5.59. The van der Waals surface area contributed by atoms with Crippen molar-refractivity contribution in [3.8, 4) is 28.5 Å². The van der Waals surface area contributed by atoms with Crippen molar-refractivity contribution in [2.75, 3.05) is 6.61 Å². The highest BCUT2D eigenvalue weighted by molar-refractivity contribution is 7.15. The van der Waals surface area contributed by atoms with E-state index in [0.717, 1.165) is 16.9 Å². The molecule has 0 aliphatic carbocycles. The molecule has 0 unspecified atom stereocenters. The van der Waals surface area contributed by atoms with Crippen molar-refractivity contribution in [1.82, 2.24) is 14.6 Å². The fourth-order valence-corrected chi connectivity index (χ4v) is 4.28. The van der Waals surface area contributed by atoms with E-state index in [1.165, 1.54) is 22.8 Å². The standard InChI is InChI=1S/C26H19N3O4S/c1-3-14-32-20-10-8-19(9-11-20)24-27-26-29(28-24)25(31)23(34-26)15-21-12-13-22(33-21)18-6-4-17(5-7-18)16(2)30/h3-13,15H,1,14H2,2H3/b23-15+. The third kappa shape index (κ3) is 4.18. The van der Waals surface area contributed by atoms with Gasteiger partial charge in [0.05, 0.1) is 0 Å². The molecule has 0 spiro atoms. The van der Waals surface area contributed by atoms with Gasteiger partial charge in [-0.15, -0.1) is 5.10 Å². The summed E-state index contributed by atoms with van der Waals surface area (Å²) in [5.41, 5.74) is 2.02. The highest BCUT2D eigenvalue weighted by Crippen LogP contribution is 2.24. The number of thiazole rings is 1. The number of Topliss-reactive ketones (excluding diaryl/α,β-unsaturated/α-hetero) is 1. The van der Waals surface area contributed by atoms with E-state index in [1.54, 1.807) is 30.4 Å². The number of benzene rings is 2. The zero-order chi connectivity index (χ0) is 23.7. The van der Waals surface area contributed by atoms with Gasteiger partial charge in [-0.2, -0.15) is 9.50 Å². The van der Waals surface area contributed by atoms with Gasteiger partial charge in [0.15, 0.2) is 11.6 Å². The van der Waals surface area contributed by atoms with Gasteiger partial charge in [-0.1, -0.05) is 48.3 Å². The Morgan fingerprint density at radius 3 is 2.50 bits per heavy atom. The fraction of sp³-hybridized carbons (Fsp3) is 0.0769. The molecule has 0 aliphatic rings. The molecule has 3 heterocycles. The lowest BCUT2D eigenvalue weighted by molar-refractivity contribution is 0.101. The number of carbonyl (C=O) groups excluding carboxylic acids is 1. The minimum absolute atomic E-state index is 0.0111. The Morgan fingerprint density at radius 1 is 1.09 bits per heavy atom. The smallest absolute Gasteiger partial charge is 0.291 e. The average Bonchev–Trinajstić information content (AvgIpc) is 3.56. The summed E-state index contributed by atoms with van der Waals surface area (Å²) in [7, 11) is 0. The monoisotopic (exact) mass is 469 g/mol. The topological polar surface area (TPSA) is 86.7 Å². The van der Waals surface area contributed by atoms with Gasteiger partial charge in [0.1, 0.15) is 28.4 Å². The molecule has 0 N–H and O–H groups in total. The highest BCUT2D eigenvalue weighted by atomic mass is 32.1. The van der Waals surface area contributed by atoms with Crippen LogP contribution in [0.25, 0.3) is 33.7 Å². The molecule has 7 nitrogen and oxygen atoms in total. The summed E-state index contributed by atoms with van der Waals surface area (Å²) in [6.07, 6.45) is 3.36. The van der Waals surface area contributed by atoms with E-state index in [1.807, 2.05) is 42.5 Å². The zero-order valence-corrected chi connectivity index (χ0v) is 19.0. The van der Waals surface area contributed by atoms with Gasteiger partial charge in [-0.3, -0.25) is 9.59 Å². The third-order valence-electron chi connectivity index (χ3n) is 5.14. The molecule has 2 aromatic carbocycles. The summed E-state index contributed by atoms with van der Waals surface area (Å²) in [5.74, 6) is 2.40. The second-order valence-corrected chi connectivity index (χ2v) is 8.51. The molecule has 0 aliphatic heterocycles. The number of ether oxygens (including phenoxy) is 1. The molecular weight excluding hydrogens is 450 g/mol. The lowest BCUT2D eigenvalue weighted by Crippen LogP contribution is -2.23. The van der Waals surface area contributed by atoms with Gasteiger partial charge >= 0.3 is 0 Å². The fourth-order valence-electron chi connectivity index (χ4n) is 3.40. The number of aromatic nitrogens is 3. The summed E-state index contributed by atoms with van der Waals surface area (Å²) >= 11 is 1.25. The van der Waals surface area contributed by atoms with Crippen LogP contribution < -0.4 is 14.8 Å². The van der Waals surface area contributed by atoms with E-state index >= 15 is 0 Å². The second kappa shape index (κ2) is 8.92.